The van der Waals surface area contributed by atoms with Crippen molar-refractivity contribution in [1.29, 1.82) is 0 Å². The van der Waals surface area contributed by atoms with Gasteiger partial charge in [0.25, 0.3) is 0 Å². The minimum absolute atomic E-state index is 0.0154. The molecule has 1 rings (SSSR count). The van der Waals surface area contributed by atoms with Gasteiger partial charge in [-0.3, -0.25) is 0 Å². The molecule has 2 N–H and O–H groups in total. The van der Waals surface area contributed by atoms with Gasteiger partial charge in [-0.15, -0.1) is 0 Å². The van der Waals surface area contributed by atoms with E-state index in [-0.39, 0.29) is 17.2 Å². The molecule has 0 amide bonds. The molecule has 1 aromatic rings. The Labute approximate surface area is 96.5 Å². The Morgan fingerprint density at radius 1 is 1.38 bits per heavy atom. The lowest BCUT2D eigenvalue weighted by molar-refractivity contribution is 0.400. The molecular weight excluding hydrogens is 205 g/mol. The highest BCUT2D eigenvalue weighted by atomic mass is 19.1. The third kappa shape index (κ3) is 3.49. The summed E-state index contributed by atoms with van der Waals surface area (Å²) in [6.07, 6.45) is 0. The molecule has 2 nitrogen and oxygen atoms in total. The van der Waals surface area contributed by atoms with Crippen LogP contribution in [0.15, 0.2) is 18.2 Å². The van der Waals surface area contributed by atoms with E-state index in [4.69, 9.17) is 0 Å². The fourth-order valence-electron chi connectivity index (χ4n) is 1.49. The van der Waals surface area contributed by atoms with Crippen molar-refractivity contribution in [3.8, 4) is 5.75 Å². The standard InChI is InChI=1S/C13H20FNO/c1-9(8-15-13(2,3)4)10-6-5-7-11(16)12(10)14/h5-7,9,15-16H,8H2,1-4H3/t9-/m0/s1. The second-order valence-electron chi connectivity index (χ2n) is 5.21. The molecule has 0 fully saturated rings. The van der Waals surface area contributed by atoms with Crippen molar-refractivity contribution in [2.75, 3.05) is 6.54 Å². The first kappa shape index (κ1) is 13.0. The zero-order chi connectivity index (χ0) is 12.3. The number of aromatic hydroxyl groups is 1. The molecule has 0 radical (unpaired) electrons. The number of benzene rings is 1. The van der Waals surface area contributed by atoms with Crippen molar-refractivity contribution >= 4 is 0 Å². The van der Waals surface area contributed by atoms with Crippen LogP contribution in [0.5, 0.6) is 5.75 Å². The number of hydrogen-bond acceptors (Lipinski definition) is 2. The van der Waals surface area contributed by atoms with Crippen LogP contribution in [-0.4, -0.2) is 17.2 Å². The summed E-state index contributed by atoms with van der Waals surface area (Å²) >= 11 is 0. The van der Waals surface area contributed by atoms with E-state index >= 15 is 0 Å². The molecule has 90 valence electrons. The van der Waals surface area contributed by atoms with E-state index in [1.807, 2.05) is 6.92 Å². The zero-order valence-electron chi connectivity index (χ0n) is 10.3. The highest BCUT2D eigenvalue weighted by molar-refractivity contribution is 5.32. The minimum atomic E-state index is -0.509. The fourth-order valence-corrected chi connectivity index (χ4v) is 1.49. The SMILES string of the molecule is C[C@@H](CNC(C)(C)C)c1cccc(O)c1F. The first-order valence-electron chi connectivity index (χ1n) is 5.53. The van der Waals surface area contributed by atoms with E-state index in [1.54, 1.807) is 12.1 Å². The Kier molecular flexibility index (Phi) is 3.92. The second kappa shape index (κ2) is 4.83. The minimum Gasteiger partial charge on any atom is -0.505 e. The molecule has 1 aromatic carbocycles. The van der Waals surface area contributed by atoms with Crippen LogP contribution in [0.3, 0.4) is 0 Å². The largest absolute Gasteiger partial charge is 0.505 e. The first-order chi connectivity index (χ1) is 7.31. The van der Waals surface area contributed by atoms with Gasteiger partial charge >= 0.3 is 0 Å². The van der Waals surface area contributed by atoms with E-state index in [2.05, 4.69) is 26.1 Å². The van der Waals surface area contributed by atoms with Gasteiger partial charge in [0, 0.05) is 12.1 Å². The van der Waals surface area contributed by atoms with Gasteiger partial charge < -0.3 is 10.4 Å². The van der Waals surface area contributed by atoms with Gasteiger partial charge in [-0.05, 0) is 38.3 Å². The molecule has 0 aliphatic carbocycles. The average Bonchev–Trinajstić information content (AvgIpc) is 2.17. The summed E-state index contributed by atoms with van der Waals surface area (Å²) < 4.78 is 13.6. The number of nitrogens with one attached hydrogen (secondary N) is 1. The maximum absolute atomic E-state index is 13.6. The lowest BCUT2D eigenvalue weighted by atomic mass is 9.98. The van der Waals surface area contributed by atoms with Gasteiger partial charge in [0.2, 0.25) is 0 Å². The first-order valence-corrected chi connectivity index (χ1v) is 5.53. The Bertz CT molecular complexity index is 357. The van der Waals surface area contributed by atoms with Crippen molar-refractivity contribution in [2.45, 2.75) is 39.2 Å². The van der Waals surface area contributed by atoms with Crippen LogP contribution in [0.4, 0.5) is 4.39 Å². The fraction of sp³-hybridized carbons (Fsp3) is 0.538. The van der Waals surface area contributed by atoms with Gasteiger partial charge in [-0.25, -0.2) is 4.39 Å². The van der Waals surface area contributed by atoms with Crippen molar-refractivity contribution in [3.05, 3.63) is 29.6 Å². The Morgan fingerprint density at radius 2 is 2.00 bits per heavy atom. The molecule has 0 heterocycles. The lowest BCUT2D eigenvalue weighted by Crippen LogP contribution is -2.38. The predicted octanol–water partition coefficient (Wildman–Crippen LogP) is 3.02. The van der Waals surface area contributed by atoms with Crippen LogP contribution in [-0.2, 0) is 0 Å². The third-order valence-corrected chi connectivity index (χ3v) is 2.48. The van der Waals surface area contributed by atoms with Crippen molar-refractivity contribution in [2.24, 2.45) is 0 Å². The maximum Gasteiger partial charge on any atom is 0.168 e. The van der Waals surface area contributed by atoms with Gasteiger partial charge in [0.15, 0.2) is 11.6 Å². The molecular formula is C13H20FNO. The second-order valence-corrected chi connectivity index (χ2v) is 5.21. The van der Waals surface area contributed by atoms with Gasteiger partial charge in [0.1, 0.15) is 0 Å². The van der Waals surface area contributed by atoms with Crippen LogP contribution in [0.2, 0.25) is 0 Å². The molecule has 3 heteroatoms. The molecule has 16 heavy (non-hydrogen) atoms. The summed E-state index contributed by atoms with van der Waals surface area (Å²) in [6.45, 7) is 8.83. The summed E-state index contributed by atoms with van der Waals surface area (Å²) in [5, 5.41) is 12.6. The van der Waals surface area contributed by atoms with Crippen molar-refractivity contribution in [3.63, 3.8) is 0 Å². The highest BCUT2D eigenvalue weighted by Crippen LogP contribution is 2.25. The molecule has 0 unspecified atom stereocenters. The molecule has 0 saturated heterocycles. The summed E-state index contributed by atoms with van der Waals surface area (Å²) in [4.78, 5) is 0. The number of hydrogen-bond donors (Lipinski definition) is 2. The molecule has 0 aliphatic heterocycles. The molecule has 0 saturated carbocycles. The van der Waals surface area contributed by atoms with Crippen LogP contribution >= 0.6 is 0 Å². The molecule has 0 aromatic heterocycles. The number of phenols is 1. The lowest BCUT2D eigenvalue weighted by Gasteiger charge is -2.23. The monoisotopic (exact) mass is 225 g/mol. The van der Waals surface area contributed by atoms with Gasteiger partial charge in [-0.2, -0.15) is 0 Å². The Hall–Kier alpha value is -1.09. The van der Waals surface area contributed by atoms with E-state index in [1.165, 1.54) is 6.07 Å². The number of phenolic OH excluding ortho intramolecular Hbond substituents is 1. The van der Waals surface area contributed by atoms with Crippen LogP contribution in [0.1, 0.15) is 39.2 Å². The van der Waals surface area contributed by atoms with E-state index in [0.717, 1.165) is 0 Å². The van der Waals surface area contributed by atoms with E-state index in [0.29, 0.717) is 12.1 Å². The predicted molar refractivity (Wildman–Crippen MR) is 64.2 cm³/mol. The smallest absolute Gasteiger partial charge is 0.168 e. The zero-order valence-corrected chi connectivity index (χ0v) is 10.3. The quantitative estimate of drug-likeness (QED) is 0.828. The summed E-state index contributed by atoms with van der Waals surface area (Å²) in [5.74, 6) is -0.753. The van der Waals surface area contributed by atoms with E-state index < -0.39 is 5.82 Å². The van der Waals surface area contributed by atoms with Crippen LogP contribution < -0.4 is 5.32 Å². The van der Waals surface area contributed by atoms with Crippen molar-refractivity contribution in [1.82, 2.24) is 5.32 Å². The topological polar surface area (TPSA) is 32.3 Å². The average molecular weight is 225 g/mol. The summed E-state index contributed by atoms with van der Waals surface area (Å²) in [5.41, 5.74) is 0.568. The molecule has 0 bridgehead atoms. The number of rotatable bonds is 3. The molecule has 1 atom stereocenters. The molecule has 0 aliphatic rings. The Morgan fingerprint density at radius 3 is 2.56 bits per heavy atom. The van der Waals surface area contributed by atoms with Crippen LogP contribution in [0, 0.1) is 5.82 Å². The Balaban J connectivity index is 2.73. The van der Waals surface area contributed by atoms with Gasteiger partial charge in [0.05, 0.1) is 0 Å². The summed E-state index contributed by atoms with van der Waals surface area (Å²) in [7, 11) is 0. The highest BCUT2D eigenvalue weighted by Gasteiger charge is 2.16. The van der Waals surface area contributed by atoms with Gasteiger partial charge in [-0.1, -0.05) is 19.1 Å². The third-order valence-electron chi connectivity index (χ3n) is 2.48. The molecule has 0 spiro atoms. The van der Waals surface area contributed by atoms with Crippen LogP contribution in [0.25, 0.3) is 0 Å². The maximum atomic E-state index is 13.6. The normalized spacial score (nSPS) is 13.8. The van der Waals surface area contributed by atoms with E-state index in [9.17, 15) is 9.50 Å². The van der Waals surface area contributed by atoms with Crippen molar-refractivity contribution < 1.29 is 9.50 Å². The number of halogens is 1. The summed E-state index contributed by atoms with van der Waals surface area (Å²) in [6, 6.07) is 4.74.